The molecule has 3 aromatic carbocycles. The Balaban J connectivity index is 1.39. The summed E-state index contributed by atoms with van der Waals surface area (Å²) in [7, 11) is 0. The van der Waals surface area contributed by atoms with Gasteiger partial charge < -0.3 is 15.2 Å². The molecule has 0 aliphatic rings. The van der Waals surface area contributed by atoms with Crippen molar-refractivity contribution in [2.75, 3.05) is 10.6 Å². The van der Waals surface area contributed by atoms with E-state index in [1.54, 1.807) is 6.07 Å². The number of benzene rings is 3. The average Bonchev–Trinajstić information content (AvgIpc) is 3.27. The Kier molecular flexibility index (Phi) is 5.38. The van der Waals surface area contributed by atoms with Gasteiger partial charge in [-0.3, -0.25) is 4.79 Å². The predicted octanol–water partition coefficient (Wildman–Crippen LogP) is 5.77. The lowest BCUT2D eigenvalue weighted by molar-refractivity contribution is 0.0988. The van der Waals surface area contributed by atoms with E-state index in [9.17, 15) is 4.79 Å². The van der Waals surface area contributed by atoms with Crippen LogP contribution in [0.15, 0.2) is 95.5 Å². The summed E-state index contributed by atoms with van der Waals surface area (Å²) in [5, 5.41) is 10.3. The van der Waals surface area contributed by atoms with E-state index >= 15 is 0 Å². The van der Waals surface area contributed by atoms with Gasteiger partial charge in [0.15, 0.2) is 0 Å². The molecule has 1 heterocycles. The van der Waals surface area contributed by atoms with Crippen LogP contribution < -0.4 is 10.6 Å². The fourth-order valence-corrected chi connectivity index (χ4v) is 3.04. The van der Waals surface area contributed by atoms with E-state index in [1.807, 2.05) is 72.8 Å². The number of nitrogens with one attached hydrogen (secondary N) is 2. The van der Waals surface area contributed by atoms with E-state index in [0.717, 1.165) is 11.3 Å². The molecule has 1 atom stereocenters. The van der Waals surface area contributed by atoms with E-state index in [4.69, 9.17) is 4.52 Å². The van der Waals surface area contributed by atoms with Gasteiger partial charge in [-0.15, -0.1) is 0 Å². The molecule has 0 saturated carbocycles. The zero-order valence-electron chi connectivity index (χ0n) is 16.0. The van der Waals surface area contributed by atoms with Gasteiger partial charge in [0, 0.05) is 29.0 Å². The summed E-state index contributed by atoms with van der Waals surface area (Å²) in [4.78, 5) is 12.4. The van der Waals surface area contributed by atoms with Gasteiger partial charge in [-0.05, 0) is 36.8 Å². The van der Waals surface area contributed by atoms with Gasteiger partial charge in [-0.1, -0.05) is 65.8 Å². The van der Waals surface area contributed by atoms with E-state index in [0.29, 0.717) is 11.4 Å². The zero-order chi connectivity index (χ0) is 20.1. The number of carbonyl (C=O) groups is 1. The topological polar surface area (TPSA) is 67.2 Å². The van der Waals surface area contributed by atoms with Crippen LogP contribution in [0.2, 0.25) is 0 Å². The molecule has 5 heteroatoms. The minimum Gasteiger partial charge on any atom is -0.379 e. The van der Waals surface area contributed by atoms with E-state index in [1.165, 1.54) is 5.56 Å². The molecule has 5 nitrogen and oxygen atoms in total. The molecule has 0 bridgehead atoms. The summed E-state index contributed by atoms with van der Waals surface area (Å²) in [6.07, 6.45) is 0. The first-order chi connectivity index (χ1) is 14.2. The van der Waals surface area contributed by atoms with Crippen molar-refractivity contribution >= 4 is 17.3 Å². The molecule has 0 radical (unpaired) electrons. The van der Waals surface area contributed by atoms with Crippen LogP contribution in [0.4, 0.5) is 11.4 Å². The number of aromatic nitrogens is 1. The molecule has 2 N–H and O–H groups in total. The SMILES string of the molecule is CC(Nc1ccc(NC(=O)c2cc(-c3ccccc3)no2)cc1)c1ccccc1. The summed E-state index contributed by atoms with van der Waals surface area (Å²) < 4.78 is 5.20. The second-order valence-corrected chi connectivity index (χ2v) is 6.75. The van der Waals surface area contributed by atoms with Crippen molar-refractivity contribution in [2.24, 2.45) is 0 Å². The number of rotatable bonds is 6. The van der Waals surface area contributed by atoms with Crippen molar-refractivity contribution in [1.29, 1.82) is 0 Å². The molecule has 0 aliphatic carbocycles. The van der Waals surface area contributed by atoms with E-state index in [-0.39, 0.29) is 17.7 Å². The highest BCUT2D eigenvalue weighted by Crippen LogP contribution is 2.22. The third-order valence-corrected chi connectivity index (χ3v) is 4.63. The van der Waals surface area contributed by atoms with E-state index in [2.05, 4.69) is 34.8 Å². The number of carbonyl (C=O) groups excluding carboxylic acids is 1. The van der Waals surface area contributed by atoms with Gasteiger partial charge in [0.1, 0.15) is 5.69 Å². The molecule has 4 aromatic rings. The highest BCUT2D eigenvalue weighted by Gasteiger charge is 2.14. The average molecular weight is 383 g/mol. The second-order valence-electron chi connectivity index (χ2n) is 6.75. The number of hydrogen-bond acceptors (Lipinski definition) is 4. The van der Waals surface area contributed by atoms with Crippen molar-refractivity contribution in [2.45, 2.75) is 13.0 Å². The maximum atomic E-state index is 12.4. The first-order valence-corrected chi connectivity index (χ1v) is 9.44. The Bertz CT molecular complexity index is 1070. The minimum atomic E-state index is -0.335. The number of amides is 1. The van der Waals surface area contributed by atoms with Gasteiger partial charge in [-0.2, -0.15) is 0 Å². The fourth-order valence-electron chi connectivity index (χ4n) is 3.04. The normalized spacial score (nSPS) is 11.6. The van der Waals surface area contributed by atoms with Crippen LogP contribution in [0.25, 0.3) is 11.3 Å². The molecule has 4 rings (SSSR count). The molecular formula is C24H21N3O2. The van der Waals surface area contributed by atoms with Crippen molar-refractivity contribution in [3.8, 4) is 11.3 Å². The molecule has 1 unspecified atom stereocenters. The van der Waals surface area contributed by atoms with Gasteiger partial charge in [0.25, 0.3) is 5.91 Å². The monoisotopic (exact) mass is 383 g/mol. The molecule has 144 valence electrons. The Hall–Kier alpha value is -3.86. The quantitative estimate of drug-likeness (QED) is 0.444. The van der Waals surface area contributed by atoms with Gasteiger partial charge in [0.05, 0.1) is 0 Å². The predicted molar refractivity (Wildman–Crippen MR) is 115 cm³/mol. The van der Waals surface area contributed by atoms with Crippen LogP contribution in [0.5, 0.6) is 0 Å². The van der Waals surface area contributed by atoms with Crippen LogP contribution in [0.1, 0.15) is 29.1 Å². The molecule has 0 saturated heterocycles. The lowest BCUT2D eigenvalue weighted by Gasteiger charge is -2.16. The lowest BCUT2D eigenvalue weighted by atomic mass is 10.1. The van der Waals surface area contributed by atoms with Crippen LogP contribution in [-0.2, 0) is 0 Å². The van der Waals surface area contributed by atoms with Crippen molar-refractivity contribution < 1.29 is 9.32 Å². The smallest absolute Gasteiger partial charge is 0.294 e. The summed E-state index contributed by atoms with van der Waals surface area (Å²) in [5.41, 5.74) is 4.41. The van der Waals surface area contributed by atoms with Crippen LogP contribution in [-0.4, -0.2) is 11.1 Å². The van der Waals surface area contributed by atoms with Crippen LogP contribution in [0, 0.1) is 0 Å². The van der Waals surface area contributed by atoms with Crippen molar-refractivity contribution in [1.82, 2.24) is 5.16 Å². The van der Waals surface area contributed by atoms with Crippen molar-refractivity contribution in [3.05, 3.63) is 102 Å². The molecule has 0 fully saturated rings. The Labute approximate surface area is 169 Å². The molecule has 1 aromatic heterocycles. The highest BCUT2D eigenvalue weighted by atomic mass is 16.5. The number of nitrogens with zero attached hydrogens (tertiary/aromatic N) is 1. The van der Waals surface area contributed by atoms with Crippen LogP contribution >= 0.6 is 0 Å². The lowest BCUT2D eigenvalue weighted by Crippen LogP contribution is -2.11. The summed E-state index contributed by atoms with van der Waals surface area (Å²) in [6.45, 7) is 2.11. The van der Waals surface area contributed by atoms with Gasteiger partial charge in [0.2, 0.25) is 5.76 Å². The Morgan fingerprint density at radius 1 is 0.862 bits per heavy atom. The summed E-state index contributed by atoms with van der Waals surface area (Å²) >= 11 is 0. The summed E-state index contributed by atoms with van der Waals surface area (Å²) in [5.74, 6) is -0.165. The fraction of sp³-hybridized carbons (Fsp3) is 0.0833. The largest absolute Gasteiger partial charge is 0.379 e. The Morgan fingerprint density at radius 3 is 2.17 bits per heavy atom. The first-order valence-electron chi connectivity index (χ1n) is 9.44. The first kappa shape index (κ1) is 18.5. The number of hydrogen-bond donors (Lipinski definition) is 2. The zero-order valence-corrected chi connectivity index (χ0v) is 16.0. The van der Waals surface area contributed by atoms with Gasteiger partial charge in [-0.25, -0.2) is 0 Å². The maximum Gasteiger partial charge on any atom is 0.294 e. The molecule has 0 spiro atoms. The van der Waals surface area contributed by atoms with Crippen LogP contribution in [0.3, 0.4) is 0 Å². The molecule has 0 aliphatic heterocycles. The standard InChI is InChI=1S/C24H21N3O2/c1-17(18-8-4-2-5-9-18)25-20-12-14-21(15-13-20)26-24(28)23-16-22(27-29-23)19-10-6-3-7-11-19/h2-17,25H,1H3,(H,26,28). The third kappa shape index (κ3) is 4.52. The number of anilines is 2. The highest BCUT2D eigenvalue weighted by molar-refractivity contribution is 6.02. The van der Waals surface area contributed by atoms with Gasteiger partial charge >= 0.3 is 0 Å². The molecule has 1 amide bonds. The maximum absolute atomic E-state index is 12.4. The Morgan fingerprint density at radius 2 is 1.48 bits per heavy atom. The third-order valence-electron chi connectivity index (χ3n) is 4.63. The van der Waals surface area contributed by atoms with E-state index < -0.39 is 0 Å². The molecular weight excluding hydrogens is 362 g/mol. The molecule has 29 heavy (non-hydrogen) atoms. The second kappa shape index (κ2) is 8.44. The summed E-state index contributed by atoms with van der Waals surface area (Å²) in [6, 6.07) is 29.2. The minimum absolute atomic E-state index is 0.170. The van der Waals surface area contributed by atoms with Crippen molar-refractivity contribution in [3.63, 3.8) is 0 Å².